The maximum atomic E-state index is 2.47. The summed E-state index contributed by atoms with van der Waals surface area (Å²) in [5.41, 5.74) is 2.27. The van der Waals surface area contributed by atoms with Gasteiger partial charge in [-0.25, -0.2) is 0 Å². The minimum absolute atomic E-state index is 1.20. The van der Waals surface area contributed by atoms with Crippen LogP contribution in [0.2, 0.25) is 0 Å². The third-order valence-corrected chi connectivity index (χ3v) is 2.45. The van der Waals surface area contributed by atoms with E-state index in [0.29, 0.717) is 0 Å². The second kappa shape index (κ2) is 8.02. The van der Waals surface area contributed by atoms with E-state index in [9.17, 15) is 0 Å². The Bertz CT molecular complexity index is 97.7. The lowest BCUT2D eigenvalue weighted by atomic mass is 10.3. The Labute approximate surface area is 73.9 Å². The summed E-state index contributed by atoms with van der Waals surface area (Å²) in [6, 6.07) is 0. The Morgan fingerprint density at radius 2 is 1.91 bits per heavy atom. The molecule has 0 saturated heterocycles. The van der Waals surface area contributed by atoms with Gasteiger partial charge in [0, 0.05) is 10.2 Å². The molecule has 0 bridgehead atoms. The van der Waals surface area contributed by atoms with Crippen molar-refractivity contribution >= 4 is 10.2 Å². The summed E-state index contributed by atoms with van der Waals surface area (Å²) in [6.45, 7) is 8.11. The molecule has 1 nitrogen and oxygen atoms in total. The lowest BCUT2D eigenvalue weighted by Gasteiger charge is -2.16. The molecule has 0 radical (unpaired) electrons. The van der Waals surface area contributed by atoms with Crippen LogP contribution in [0.1, 0.15) is 26.7 Å². The lowest BCUT2D eigenvalue weighted by Crippen LogP contribution is -2.23. The molecule has 0 aliphatic carbocycles. The molecule has 0 spiro atoms. The van der Waals surface area contributed by atoms with Crippen molar-refractivity contribution in [2.24, 2.45) is 0 Å². The van der Waals surface area contributed by atoms with Crippen molar-refractivity contribution in [3.05, 3.63) is 11.8 Å². The van der Waals surface area contributed by atoms with Gasteiger partial charge in [-0.2, -0.15) is 0 Å². The summed E-state index contributed by atoms with van der Waals surface area (Å²) in [5.74, 6) is 0. The number of allylic oxidation sites excluding steroid dienone is 1. The van der Waals surface area contributed by atoms with Crippen molar-refractivity contribution in [1.29, 1.82) is 0 Å². The van der Waals surface area contributed by atoms with Crippen molar-refractivity contribution < 1.29 is 0 Å². The fraction of sp³-hybridized carbons (Fsp3) is 0.778. The molecule has 0 aliphatic rings. The minimum Gasteiger partial charge on any atom is -0.304 e. The molecule has 0 saturated carbocycles. The highest BCUT2D eigenvalue weighted by atomic mass is 28.1. The smallest absolute Gasteiger partial charge is 0.0287 e. The maximum Gasteiger partial charge on any atom is 0.0287 e. The molecule has 0 aromatic carbocycles. The van der Waals surface area contributed by atoms with Crippen LogP contribution in [0.3, 0.4) is 0 Å². The van der Waals surface area contributed by atoms with E-state index in [2.05, 4.69) is 30.5 Å². The topological polar surface area (TPSA) is 3.24 Å². The highest BCUT2D eigenvalue weighted by Gasteiger charge is 1.95. The van der Waals surface area contributed by atoms with Crippen molar-refractivity contribution in [1.82, 2.24) is 4.90 Å². The molecule has 0 fully saturated rings. The summed E-state index contributed by atoms with van der Waals surface area (Å²) < 4.78 is 0. The maximum absolute atomic E-state index is 2.47. The van der Waals surface area contributed by atoms with Gasteiger partial charge in [0.2, 0.25) is 0 Å². The van der Waals surface area contributed by atoms with Crippen molar-refractivity contribution in [3.8, 4) is 0 Å². The van der Waals surface area contributed by atoms with E-state index < -0.39 is 0 Å². The van der Waals surface area contributed by atoms with E-state index in [-0.39, 0.29) is 0 Å². The summed E-state index contributed by atoms with van der Waals surface area (Å²) in [6.07, 6.45) is 4.89. The van der Waals surface area contributed by atoms with Crippen LogP contribution in [-0.2, 0) is 0 Å². The molecule has 0 amide bonds. The average Bonchev–Trinajstić information content (AvgIpc) is 2.05. The van der Waals surface area contributed by atoms with Gasteiger partial charge in [-0.15, -0.1) is 5.70 Å². The van der Waals surface area contributed by atoms with E-state index in [1.807, 2.05) is 0 Å². The van der Waals surface area contributed by atoms with Gasteiger partial charge in [0.25, 0.3) is 0 Å². The van der Waals surface area contributed by atoms with Gasteiger partial charge in [-0.05, 0) is 32.5 Å². The van der Waals surface area contributed by atoms with Crippen LogP contribution >= 0.6 is 0 Å². The Balaban J connectivity index is 3.21. The van der Waals surface area contributed by atoms with Crippen molar-refractivity contribution in [2.45, 2.75) is 26.7 Å². The molecule has 0 atom stereocenters. The number of rotatable bonds is 6. The van der Waals surface area contributed by atoms with Gasteiger partial charge in [0.15, 0.2) is 0 Å². The van der Waals surface area contributed by atoms with E-state index >= 15 is 0 Å². The highest BCUT2D eigenvalue weighted by Crippen LogP contribution is 1.95. The van der Waals surface area contributed by atoms with Gasteiger partial charge in [-0.3, -0.25) is 0 Å². The van der Waals surface area contributed by atoms with E-state index in [0.717, 1.165) is 0 Å². The first-order valence-corrected chi connectivity index (χ1v) is 5.84. The summed E-state index contributed by atoms with van der Waals surface area (Å²) >= 11 is 0. The fourth-order valence-corrected chi connectivity index (χ4v) is 1.47. The highest BCUT2D eigenvalue weighted by molar-refractivity contribution is 6.16. The van der Waals surface area contributed by atoms with Crippen LogP contribution in [0.4, 0.5) is 0 Å². The predicted molar refractivity (Wildman–Crippen MR) is 56.1 cm³/mol. The molecule has 0 aromatic heterocycles. The average molecular weight is 171 g/mol. The van der Waals surface area contributed by atoms with Crippen LogP contribution in [-0.4, -0.2) is 34.8 Å². The van der Waals surface area contributed by atoms with E-state index in [4.69, 9.17) is 0 Å². The molecule has 11 heavy (non-hydrogen) atoms. The first-order valence-electron chi connectivity index (χ1n) is 4.68. The molecule has 0 N–H and O–H groups in total. The summed E-state index contributed by atoms with van der Waals surface area (Å²) in [4.78, 5) is 2.47. The van der Waals surface area contributed by atoms with E-state index in [1.165, 1.54) is 42.7 Å². The largest absolute Gasteiger partial charge is 0.304 e. The monoisotopic (exact) mass is 171 g/mol. The zero-order chi connectivity index (χ0) is 8.53. The SMILES string of the molecule is CCN(CC)CCCC=C[SiH3]. The molecule has 66 valence electrons. The van der Waals surface area contributed by atoms with Crippen LogP contribution in [0.15, 0.2) is 11.8 Å². The van der Waals surface area contributed by atoms with Gasteiger partial charge < -0.3 is 4.90 Å². The lowest BCUT2D eigenvalue weighted by molar-refractivity contribution is 0.301. The third-order valence-electron chi connectivity index (χ3n) is 1.98. The molecule has 2 heteroatoms. The van der Waals surface area contributed by atoms with Crippen LogP contribution < -0.4 is 0 Å². The van der Waals surface area contributed by atoms with Crippen molar-refractivity contribution in [2.75, 3.05) is 19.6 Å². The van der Waals surface area contributed by atoms with Crippen molar-refractivity contribution in [3.63, 3.8) is 0 Å². The van der Waals surface area contributed by atoms with Gasteiger partial charge >= 0.3 is 0 Å². The number of hydrogen-bond donors (Lipinski definition) is 0. The molecule has 0 aliphatic heterocycles. The Morgan fingerprint density at radius 1 is 1.27 bits per heavy atom. The third kappa shape index (κ3) is 6.32. The standard InChI is InChI=1S/C9H21NSi/c1-3-10(4-2)8-6-5-7-9-11/h7,9H,3-6,8H2,1-2,11H3. The number of nitrogens with zero attached hydrogens (tertiary/aromatic N) is 1. The zero-order valence-electron chi connectivity index (χ0n) is 8.14. The fourth-order valence-electron chi connectivity index (χ4n) is 1.14. The molecule has 0 unspecified atom stereocenters. The number of unbranched alkanes of at least 4 members (excludes halogenated alkanes) is 1. The molecular weight excluding hydrogens is 150 g/mol. The normalized spacial score (nSPS) is 11.9. The second-order valence-corrected chi connectivity index (χ2v) is 3.40. The molecular formula is C9H21NSi. The Morgan fingerprint density at radius 3 is 2.36 bits per heavy atom. The zero-order valence-corrected chi connectivity index (χ0v) is 10.1. The predicted octanol–water partition coefficient (Wildman–Crippen LogP) is 0.987. The summed E-state index contributed by atoms with van der Waals surface area (Å²) in [5, 5.41) is 0. The van der Waals surface area contributed by atoms with Gasteiger partial charge in [0.05, 0.1) is 0 Å². The van der Waals surface area contributed by atoms with Crippen LogP contribution in [0.25, 0.3) is 0 Å². The number of hydrogen-bond acceptors (Lipinski definition) is 1. The van der Waals surface area contributed by atoms with E-state index in [1.54, 1.807) is 0 Å². The molecule has 0 heterocycles. The summed E-state index contributed by atoms with van der Waals surface area (Å²) in [7, 11) is 1.21. The Hall–Kier alpha value is -0.0831. The Kier molecular flexibility index (Phi) is 7.96. The van der Waals surface area contributed by atoms with Gasteiger partial charge in [-0.1, -0.05) is 19.9 Å². The van der Waals surface area contributed by atoms with Crippen LogP contribution in [0.5, 0.6) is 0 Å². The first-order chi connectivity index (χ1) is 5.35. The minimum atomic E-state index is 1.20. The first kappa shape index (κ1) is 10.9. The molecule has 0 rings (SSSR count). The van der Waals surface area contributed by atoms with Gasteiger partial charge in [0.1, 0.15) is 0 Å². The van der Waals surface area contributed by atoms with Crippen LogP contribution in [0, 0.1) is 0 Å². The second-order valence-electron chi connectivity index (χ2n) is 2.74. The molecule has 0 aromatic rings. The quantitative estimate of drug-likeness (QED) is 0.425.